The van der Waals surface area contributed by atoms with E-state index < -0.39 is 4.92 Å². The molecule has 0 spiro atoms. The van der Waals surface area contributed by atoms with E-state index in [0.29, 0.717) is 10.7 Å². The third-order valence-corrected chi connectivity index (χ3v) is 2.87. The smallest absolute Gasteiger partial charge is 0.334 e. The second kappa shape index (κ2) is 4.81. The Morgan fingerprint density at radius 2 is 2.05 bits per heavy atom. The zero-order valence-electron chi connectivity index (χ0n) is 10.5. The number of halogens is 1. The summed E-state index contributed by atoms with van der Waals surface area (Å²) in [6.07, 6.45) is 1.48. The van der Waals surface area contributed by atoms with E-state index >= 15 is 0 Å². The largest absolute Gasteiger partial charge is 0.357 e. The fraction of sp³-hybridized carbons (Fsp3) is 0.300. The fourth-order valence-corrected chi connectivity index (χ4v) is 1.71. The molecule has 8 nitrogen and oxygen atoms in total. The highest BCUT2D eigenvalue weighted by Crippen LogP contribution is 2.26. The summed E-state index contributed by atoms with van der Waals surface area (Å²) < 4.78 is 1.28. The van der Waals surface area contributed by atoms with Crippen molar-refractivity contribution in [1.29, 1.82) is 0 Å². The van der Waals surface area contributed by atoms with E-state index in [1.807, 2.05) is 0 Å². The highest BCUT2D eigenvalue weighted by molar-refractivity contribution is 6.31. The van der Waals surface area contributed by atoms with E-state index in [0.717, 1.165) is 0 Å². The van der Waals surface area contributed by atoms with Crippen molar-refractivity contribution in [3.05, 3.63) is 32.7 Å². The number of nitrogens with zero attached hydrogens (tertiary/aromatic N) is 5. The molecule has 0 unspecified atom stereocenters. The molecule has 0 aromatic carbocycles. The van der Waals surface area contributed by atoms with Crippen LogP contribution in [0.3, 0.4) is 0 Å². The maximum atomic E-state index is 11.1. The van der Waals surface area contributed by atoms with E-state index in [9.17, 15) is 10.1 Å². The van der Waals surface area contributed by atoms with Crippen LogP contribution >= 0.6 is 11.6 Å². The summed E-state index contributed by atoms with van der Waals surface area (Å²) in [5.74, 6) is 0.360. The van der Waals surface area contributed by atoms with Crippen molar-refractivity contribution in [2.45, 2.75) is 13.8 Å². The summed E-state index contributed by atoms with van der Waals surface area (Å²) >= 11 is 5.91. The first kappa shape index (κ1) is 13.2. The van der Waals surface area contributed by atoms with Crippen LogP contribution in [-0.4, -0.2) is 31.7 Å². The van der Waals surface area contributed by atoms with Gasteiger partial charge in [-0.3, -0.25) is 10.1 Å². The molecule has 0 bridgehead atoms. The number of nitro groups is 1. The molecule has 0 aliphatic rings. The van der Waals surface area contributed by atoms with Gasteiger partial charge in [0.2, 0.25) is 11.8 Å². The number of aromatic nitrogens is 4. The maximum absolute atomic E-state index is 11.1. The van der Waals surface area contributed by atoms with Crippen molar-refractivity contribution in [2.24, 2.45) is 0 Å². The standard InChI is InChI=1S/C10H11ClN6O2/c1-5-7(11)4-16(15-5)9-8(17(18)19)6(2)13-10(12-3)14-9/h4H,1-3H3,(H,12,13,14). The second-order valence-electron chi connectivity index (χ2n) is 3.82. The summed E-state index contributed by atoms with van der Waals surface area (Å²) in [6, 6.07) is 0. The molecular weight excluding hydrogens is 272 g/mol. The molecule has 0 saturated carbocycles. The molecule has 100 valence electrons. The van der Waals surface area contributed by atoms with Gasteiger partial charge in [0.05, 0.1) is 21.8 Å². The topological polar surface area (TPSA) is 98.8 Å². The molecule has 2 aromatic heterocycles. The van der Waals surface area contributed by atoms with Gasteiger partial charge in [0.15, 0.2) is 0 Å². The maximum Gasteiger partial charge on any atom is 0.334 e. The summed E-state index contributed by atoms with van der Waals surface area (Å²) in [4.78, 5) is 18.7. The lowest BCUT2D eigenvalue weighted by Gasteiger charge is -2.06. The molecule has 0 radical (unpaired) electrons. The average Bonchev–Trinajstić information content (AvgIpc) is 2.68. The zero-order chi connectivity index (χ0) is 14.2. The van der Waals surface area contributed by atoms with Crippen molar-refractivity contribution in [3.63, 3.8) is 0 Å². The Kier molecular flexibility index (Phi) is 3.34. The van der Waals surface area contributed by atoms with Crippen LogP contribution in [-0.2, 0) is 0 Å². The van der Waals surface area contributed by atoms with Gasteiger partial charge in [-0.25, -0.2) is 9.67 Å². The van der Waals surface area contributed by atoms with Gasteiger partial charge in [-0.05, 0) is 13.8 Å². The molecule has 19 heavy (non-hydrogen) atoms. The van der Waals surface area contributed by atoms with Gasteiger partial charge in [-0.15, -0.1) is 0 Å². The lowest BCUT2D eigenvalue weighted by atomic mass is 10.3. The number of nitrogens with one attached hydrogen (secondary N) is 1. The predicted molar refractivity (Wildman–Crippen MR) is 69.8 cm³/mol. The zero-order valence-corrected chi connectivity index (χ0v) is 11.3. The molecule has 1 N–H and O–H groups in total. The van der Waals surface area contributed by atoms with Crippen LogP contribution in [0.25, 0.3) is 5.82 Å². The predicted octanol–water partition coefficient (Wildman–Crippen LogP) is 1.88. The SMILES string of the molecule is CNc1nc(C)c([N+](=O)[O-])c(-n2cc(Cl)c(C)n2)n1. The molecular formula is C10H11ClN6O2. The van der Waals surface area contributed by atoms with E-state index in [2.05, 4.69) is 20.4 Å². The average molecular weight is 283 g/mol. The van der Waals surface area contributed by atoms with E-state index in [1.165, 1.54) is 10.9 Å². The van der Waals surface area contributed by atoms with Gasteiger partial charge in [-0.1, -0.05) is 11.6 Å². The van der Waals surface area contributed by atoms with Crippen molar-refractivity contribution in [2.75, 3.05) is 12.4 Å². The van der Waals surface area contributed by atoms with Crippen LogP contribution in [0.2, 0.25) is 5.02 Å². The van der Waals surface area contributed by atoms with Crippen LogP contribution in [0, 0.1) is 24.0 Å². The third kappa shape index (κ3) is 2.34. The molecule has 0 amide bonds. The lowest BCUT2D eigenvalue weighted by Crippen LogP contribution is -2.10. The van der Waals surface area contributed by atoms with Gasteiger partial charge in [0.25, 0.3) is 0 Å². The van der Waals surface area contributed by atoms with Gasteiger partial charge >= 0.3 is 5.69 Å². The molecule has 2 aromatic rings. The highest BCUT2D eigenvalue weighted by Gasteiger charge is 2.24. The fourth-order valence-electron chi connectivity index (χ4n) is 1.58. The molecule has 2 rings (SSSR count). The van der Waals surface area contributed by atoms with Crippen LogP contribution < -0.4 is 5.32 Å². The van der Waals surface area contributed by atoms with Crippen LogP contribution in [0.1, 0.15) is 11.4 Å². The number of anilines is 1. The molecule has 0 saturated heterocycles. The molecule has 0 fully saturated rings. The summed E-state index contributed by atoms with van der Waals surface area (Å²) in [5.41, 5.74) is 0.625. The van der Waals surface area contributed by atoms with Crippen molar-refractivity contribution in [1.82, 2.24) is 19.7 Å². The summed E-state index contributed by atoms with van der Waals surface area (Å²) in [7, 11) is 1.63. The summed E-state index contributed by atoms with van der Waals surface area (Å²) in [5, 5.41) is 18.4. The van der Waals surface area contributed by atoms with Crippen molar-refractivity contribution >= 4 is 23.2 Å². The first-order valence-electron chi connectivity index (χ1n) is 5.37. The number of hydrogen-bond donors (Lipinski definition) is 1. The first-order chi connectivity index (χ1) is 8.93. The molecule has 2 heterocycles. The minimum atomic E-state index is -0.533. The van der Waals surface area contributed by atoms with Crippen molar-refractivity contribution in [3.8, 4) is 5.82 Å². The lowest BCUT2D eigenvalue weighted by molar-refractivity contribution is -0.385. The van der Waals surface area contributed by atoms with Gasteiger partial charge in [0.1, 0.15) is 5.69 Å². The quantitative estimate of drug-likeness (QED) is 0.681. The second-order valence-corrected chi connectivity index (χ2v) is 4.23. The number of aryl methyl sites for hydroxylation is 2. The Labute approximate surface area is 113 Å². The molecule has 9 heteroatoms. The van der Waals surface area contributed by atoms with E-state index in [-0.39, 0.29) is 23.1 Å². The Morgan fingerprint density at radius 3 is 2.53 bits per heavy atom. The minimum Gasteiger partial charge on any atom is -0.357 e. The first-order valence-corrected chi connectivity index (χ1v) is 5.74. The van der Waals surface area contributed by atoms with Crippen molar-refractivity contribution < 1.29 is 4.92 Å². The molecule has 0 atom stereocenters. The van der Waals surface area contributed by atoms with Crippen LogP contribution in [0.5, 0.6) is 0 Å². The third-order valence-electron chi connectivity index (χ3n) is 2.50. The Bertz CT molecular complexity index is 634. The van der Waals surface area contributed by atoms with E-state index in [4.69, 9.17) is 11.6 Å². The number of rotatable bonds is 3. The highest BCUT2D eigenvalue weighted by atomic mass is 35.5. The normalized spacial score (nSPS) is 10.5. The summed E-state index contributed by atoms with van der Waals surface area (Å²) in [6.45, 7) is 3.25. The van der Waals surface area contributed by atoms with Crippen LogP contribution in [0.15, 0.2) is 6.20 Å². The Balaban J connectivity index is 2.72. The Morgan fingerprint density at radius 1 is 1.37 bits per heavy atom. The van der Waals surface area contributed by atoms with E-state index in [1.54, 1.807) is 20.9 Å². The molecule has 0 aliphatic carbocycles. The minimum absolute atomic E-state index is 0.0804. The van der Waals surface area contributed by atoms with Gasteiger partial charge < -0.3 is 5.32 Å². The van der Waals surface area contributed by atoms with Crippen LogP contribution in [0.4, 0.5) is 11.6 Å². The monoisotopic (exact) mass is 282 g/mol. The number of hydrogen-bond acceptors (Lipinski definition) is 6. The van der Waals surface area contributed by atoms with Gasteiger partial charge in [0, 0.05) is 7.05 Å². The molecule has 0 aliphatic heterocycles. The van der Waals surface area contributed by atoms with Gasteiger partial charge in [-0.2, -0.15) is 10.1 Å². The Hall–Kier alpha value is -2.22.